The van der Waals surface area contributed by atoms with Crippen LogP contribution >= 0.6 is 22.9 Å². The van der Waals surface area contributed by atoms with E-state index < -0.39 is 0 Å². The van der Waals surface area contributed by atoms with E-state index in [1.165, 1.54) is 11.3 Å². The van der Waals surface area contributed by atoms with Crippen molar-refractivity contribution in [2.75, 3.05) is 5.32 Å². The molecule has 0 aliphatic carbocycles. The Morgan fingerprint density at radius 2 is 2.20 bits per heavy atom. The van der Waals surface area contributed by atoms with Crippen molar-refractivity contribution in [2.24, 2.45) is 0 Å². The third-order valence-corrected chi connectivity index (χ3v) is 3.83. The Kier molecular flexibility index (Phi) is 4.93. The Labute approximate surface area is 127 Å². The van der Waals surface area contributed by atoms with E-state index in [-0.39, 0.29) is 5.91 Å². The smallest absolute Gasteiger partial charge is 0.252 e. The number of nitrogens with zero attached hydrogens (tertiary/aromatic N) is 1. The van der Waals surface area contributed by atoms with Crippen LogP contribution in [0.3, 0.4) is 0 Å². The minimum atomic E-state index is -0.119. The quantitative estimate of drug-likeness (QED) is 0.828. The van der Waals surface area contributed by atoms with Crippen molar-refractivity contribution in [3.05, 3.63) is 46.3 Å². The molecule has 0 saturated carbocycles. The summed E-state index contributed by atoms with van der Waals surface area (Å²) in [5, 5.41) is 5.91. The van der Waals surface area contributed by atoms with Crippen molar-refractivity contribution in [2.45, 2.75) is 20.3 Å². The van der Waals surface area contributed by atoms with E-state index in [1.54, 1.807) is 6.92 Å². The van der Waals surface area contributed by atoms with E-state index in [9.17, 15) is 4.79 Å². The number of anilines is 1. The summed E-state index contributed by atoms with van der Waals surface area (Å²) in [4.78, 5) is 16.3. The standard InChI is InChI=1S/C15H15ClN2OS/c1-3-6-10(2)14(19)18-15-17-13(9-20-15)11-7-4-5-8-12(11)16/h4-9H,3H2,1-2H3,(H,17,18,19). The molecule has 1 heterocycles. The maximum Gasteiger partial charge on any atom is 0.252 e. The van der Waals surface area contributed by atoms with Gasteiger partial charge in [-0.1, -0.05) is 42.8 Å². The van der Waals surface area contributed by atoms with E-state index in [4.69, 9.17) is 11.6 Å². The zero-order valence-electron chi connectivity index (χ0n) is 11.3. The highest BCUT2D eigenvalue weighted by molar-refractivity contribution is 7.14. The van der Waals surface area contributed by atoms with Gasteiger partial charge in [-0.15, -0.1) is 11.3 Å². The minimum absolute atomic E-state index is 0.119. The highest BCUT2D eigenvalue weighted by Gasteiger charge is 2.10. The van der Waals surface area contributed by atoms with Gasteiger partial charge in [0, 0.05) is 21.5 Å². The van der Waals surface area contributed by atoms with Crippen molar-refractivity contribution in [3.8, 4) is 11.3 Å². The van der Waals surface area contributed by atoms with Gasteiger partial charge >= 0.3 is 0 Å². The molecule has 0 saturated heterocycles. The van der Waals surface area contributed by atoms with Crippen LogP contribution in [0.15, 0.2) is 41.3 Å². The SMILES string of the molecule is CCC=C(C)C(=O)Nc1nc(-c2ccccc2Cl)cs1. The second-order valence-electron chi connectivity index (χ2n) is 4.27. The molecule has 0 bridgehead atoms. The number of allylic oxidation sites excluding steroid dienone is 1. The minimum Gasteiger partial charge on any atom is -0.298 e. The average molecular weight is 307 g/mol. The Morgan fingerprint density at radius 1 is 1.45 bits per heavy atom. The van der Waals surface area contributed by atoms with E-state index in [2.05, 4.69) is 10.3 Å². The number of carbonyl (C=O) groups excluding carboxylic acids is 1. The van der Waals surface area contributed by atoms with Gasteiger partial charge in [0.25, 0.3) is 5.91 Å². The Bertz CT molecular complexity index is 649. The zero-order chi connectivity index (χ0) is 14.5. The van der Waals surface area contributed by atoms with Gasteiger partial charge in [-0.25, -0.2) is 4.98 Å². The number of amides is 1. The monoisotopic (exact) mass is 306 g/mol. The number of hydrogen-bond acceptors (Lipinski definition) is 3. The normalized spacial score (nSPS) is 11.4. The van der Waals surface area contributed by atoms with Crippen molar-refractivity contribution in [1.29, 1.82) is 0 Å². The van der Waals surface area contributed by atoms with Crippen LogP contribution < -0.4 is 5.32 Å². The molecular formula is C15H15ClN2OS. The Morgan fingerprint density at radius 3 is 2.90 bits per heavy atom. The second-order valence-corrected chi connectivity index (χ2v) is 5.53. The topological polar surface area (TPSA) is 42.0 Å². The zero-order valence-corrected chi connectivity index (χ0v) is 12.9. The van der Waals surface area contributed by atoms with Crippen molar-refractivity contribution < 1.29 is 4.79 Å². The summed E-state index contributed by atoms with van der Waals surface area (Å²) in [5.74, 6) is -0.119. The van der Waals surface area contributed by atoms with Gasteiger partial charge in [0.1, 0.15) is 0 Å². The fourth-order valence-electron chi connectivity index (χ4n) is 1.72. The number of thiazole rings is 1. The van der Waals surface area contributed by atoms with Gasteiger partial charge in [-0.05, 0) is 19.4 Å². The second kappa shape index (κ2) is 6.68. The molecule has 20 heavy (non-hydrogen) atoms. The van der Waals surface area contributed by atoms with Crippen LogP contribution in [0.5, 0.6) is 0 Å². The van der Waals surface area contributed by atoms with E-state index in [0.717, 1.165) is 17.7 Å². The number of rotatable bonds is 4. The van der Waals surface area contributed by atoms with Gasteiger partial charge in [-0.3, -0.25) is 10.1 Å². The third-order valence-electron chi connectivity index (χ3n) is 2.74. The number of halogens is 1. The van der Waals surface area contributed by atoms with Crippen LogP contribution in [0.1, 0.15) is 20.3 Å². The summed E-state index contributed by atoms with van der Waals surface area (Å²) in [6.07, 6.45) is 2.72. The van der Waals surface area contributed by atoms with E-state index >= 15 is 0 Å². The molecule has 2 aromatic rings. The predicted octanol–water partition coefficient (Wildman–Crippen LogP) is 4.76. The molecule has 1 N–H and O–H groups in total. The first-order valence-electron chi connectivity index (χ1n) is 6.30. The lowest BCUT2D eigenvalue weighted by molar-refractivity contribution is -0.112. The predicted molar refractivity (Wildman–Crippen MR) is 85.2 cm³/mol. The maximum absolute atomic E-state index is 11.9. The summed E-state index contributed by atoms with van der Waals surface area (Å²) in [5.41, 5.74) is 2.33. The molecule has 1 amide bonds. The molecule has 0 fully saturated rings. The van der Waals surface area contributed by atoms with Crippen molar-refractivity contribution >= 4 is 34.0 Å². The number of carbonyl (C=O) groups is 1. The molecule has 0 aliphatic heterocycles. The average Bonchev–Trinajstić information content (AvgIpc) is 2.87. The molecule has 1 aromatic carbocycles. The van der Waals surface area contributed by atoms with Crippen LogP contribution in [-0.4, -0.2) is 10.9 Å². The van der Waals surface area contributed by atoms with Crippen molar-refractivity contribution in [3.63, 3.8) is 0 Å². The summed E-state index contributed by atoms with van der Waals surface area (Å²) in [6.45, 7) is 3.79. The summed E-state index contributed by atoms with van der Waals surface area (Å²) in [7, 11) is 0. The maximum atomic E-state index is 11.9. The largest absolute Gasteiger partial charge is 0.298 e. The van der Waals surface area contributed by atoms with Crippen LogP contribution in [0.4, 0.5) is 5.13 Å². The van der Waals surface area contributed by atoms with Crippen LogP contribution in [0.25, 0.3) is 11.3 Å². The molecular weight excluding hydrogens is 292 g/mol. The Hall–Kier alpha value is -1.65. The number of nitrogens with one attached hydrogen (secondary N) is 1. The number of aromatic nitrogens is 1. The van der Waals surface area contributed by atoms with Gasteiger partial charge in [0.2, 0.25) is 0 Å². The van der Waals surface area contributed by atoms with Gasteiger partial charge in [0.05, 0.1) is 5.69 Å². The lowest BCUT2D eigenvalue weighted by atomic mass is 10.2. The van der Waals surface area contributed by atoms with E-state index in [0.29, 0.717) is 15.7 Å². The first-order chi connectivity index (χ1) is 9.61. The van der Waals surface area contributed by atoms with Crippen molar-refractivity contribution in [1.82, 2.24) is 4.98 Å². The highest BCUT2D eigenvalue weighted by atomic mass is 35.5. The summed E-state index contributed by atoms with van der Waals surface area (Å²) >= 11 is 7.52. The molecule has 104 valence electrons. The molecule has 3 nitrogen and oxygen atoms in total. The van der Waals surface area contributed by atoms with Crippen LogP contribution in [0, 0.1) is 0 Å². The van der Waals surface area contributed by atoms with Crippen LogP contribution in [0.2, 0.25) is 5.02 Å². The van der Waals surface area contributed by atoms with Gasteiger partial charge < -0.3 is 0 Å². The fraction of sp³-hybridized carbons (Fsp3) is 0.200. The lowest BCUT2D eigenvalue weighted by Crippen LogP contribution is -2.12. The number of hydrogen-bond donors (Lipinski definition) is 1. The molecule has 1 aromatic heterocycles. The third kappa shape index (κ3) is 3.46. The summed E-state index contributed by atoms with van der Waals surface area (Å²) < 4.78 is 0. The molecule has 2 rings (SSSR count). The molecule has 0 unspecified atom stereocenters. The van der Waals surface area contributed by atoms with E-state index in [1.807, 2.05) is 42.6 Å². The summed E-state index contributed by atoms with van der Waals surface area (Å²) in [6, 6.07) is 7.51. The first-order valence-corrected chi connectivity index (χ1v) is 7.56. The molecule has 0 atom stereocenters. The molecule has 0 spiro atoms. The number of benzene rings is 1. The molecule has 0 radical (unpaired) electrons. The lowest BCUT2D eigenvalue weighted by Gasteiger charge is -2.01. The van der Waals surface area contributed by atoms with Gasteiger partial charge in [-0.2, -0.15) is 0 Å². The highest BCUT2D eigenvalue weighted by Crippen LogP contribution is 2.30. The Balaban J connectivity index is 2.16. The fourth-order valence-corrected chi connectivity index (χ4v) is 2.66. The molecule has 5 heteroatoms. The molecule has 0 aliphatic rings. The van der Waals surface area contributed by atoms with Crippen LogP contribution in [-0.2, 0) is 4.79 Å². The first kappa shape index (κ1) is 14.8. The van der Waals surface area contributed by atoms with Gasteiger partial charge in [0.15, 0.2) is 5.13 Å².